The molecule has 0 radical (unpaired) electrons. The third-order valence-corrected chi connectivity index (χ3v) is 7.39. The Balaban J connectivity index is 1.08. The molecule has 0 saturated heterocycles. The molecular formula is C23H22N4O4S2. The van der Waals surface area contributed by atoms with Crippen molar-refractivity contribution in [3.8, 4) is 21.3 Å². The van der Waals surface area contributed by atoms with Crippen LogP contribution < -0.4 is 10.6 Å². The van der Waals surface area contributed by atoms with Gasteiger partial charge in [-0.1, -0.05) is 16.4 Å². The molecule has 1 aliphatic rings. The second-order valence-electron chi connectivity index (χ2n) is 7.91. The second-order valence-corrected chi connectivity index (χ2v) is 9.77. The standard InChI is InChI=1S/C23H22N4O4S2/c28-22(16-11-18(30-26-16)20-7-3-9-32-20)24-8-2-4-14-10-21(33-13-14)19-12-17(27-31-19)23(29)25-15-5-1-6-15/h3,7,9-13,15H,1-2,4-6,8H2,(H,24,28)(H,25,29). The van der Waals surface area contributed by atoms with Crippen LogP contribution in [0.5, 0.6) is 0 Å². The number of thiophene rings is 2. The Morgan fingerprint density at radius 3 is 2.45 bits per heavy atom. The van der Waals surface area contributed by atoms with E-state index < -0.39 is 0 Å². The van der Waals surface area contributed by atoms with E-state index in [1.165, 1.54) is 11.3 Å². The molecule has 4 aromatic rings. The van der Waals surface area contributed by atoms with Crippen molar-refractivity contribution < 1.29 is 18.6 Å². The van der Waals surface area contributed by atoms with Gasteiger partial charge in [-0.15, -0.1) is 22.7 Å². The van der Waals surface area contributed by atoms with Crippen LogP contribution in [-0.4, -0.2) is 34.7 Å². The minimum atomic E-state index is -0.248. The average Bonchev–Trinajstić information content (AvgIpc) is 3.59. The molecule has 5 rings (SSSR count). The summed E-state index contributed by atoms with van der Waals surface area (Å²) in [4.78, 5) is 26.4. The summed E-state index contributed by atoms with van der Waals surface area (Å²) in [5.41, 5.74) is 1.73. The summed E-state index contributed by atoms with van der Waals surface area (Å²) >= 11 is 3.08. The van der Waals surface area contributed by atoms with Gasteiger partial charge < -0.3 is 19.7 Å². The summed E-state index contributed by atoms with van der Waals surface area (Å²) < 4.78 is 10.6. The number of aromatic nitrogens is 2. The number of carbonyl (C=O) groups excluding carboxylic acids is 2. The summed E-state index contributed by atoms with van der Waals surface area (Å²) in [7, 11) is 0. The molecule has 170 valence electrons. The quantitative estimate of drug-likeness (QED) is 0.333. The van der Waals surface area contributed by atoms with Crippen LogP contribution in [0, 0.1) is 0 Å². The first-order valence-corrected chi connectivity index (χ1v) is 12.6. The minimum absolute atomic E-state index is 0.183. The Bertz CT molecular complexity index is 1240. The van der Waals surface area contributed by atoms with Gasteiger partial charge in [0.25, 0.3) is 11.8 Å². The molecule has 4 aromatic heterocycles. The van der Waals surface area contributed by atoms with E-state index >= 15 is 0 Å². The Hall–Kier alpha value is -3.24. The van der Waals surface area contributed by atoms with Crippen molar-refractivity contribution in [3.63, 3.8) is 0 Å². The molecule has 33 heavy (non-hydrogen) atoms. The van der Waals surface area contributed by atoms with E-state index in [2.05, 4.69) is 26.3 Å². The molecule has 4 heterocycles. The van der Waals surface area contributed by atoms with E-state index in [4.69, 9.17) is 9.05 Å². The van der Waals surface area contributed by atoms with Gasteiger partial charge in [0.1, 0.15) is 0 Å². The lowest BCUT2D eigenvalue weighted by Crippen LogP contribution is -2.39. The number of hydrogen-bond donors (Lipinski definition) is 2. The van der Waals surface area contributed by atoms with Crippen molar-refractivity contribution in [1.82, 2.24) is 20.9 Å². The molecule has 8 nitrogen and oxygen atoms in total. The maximum Gasteiger partial charge on any atom is 0.273 e. The lowest BCUT2D eigenvalue weighted by atomic mass is 9.93. The molecule has 1 aliphatic carbocycles. The lowest BCUT2D eigenvalue weighted by Gasteiger charge is -2.25. The Morgan fingerprint density at radius 1 is 1.00 bits per heavy atom. The highest BCUT2D eigenvalue weighted by Crippen LogP contribution is 2.29. The normalized spacial score (nSPS) is 13.6. The summed E-state index contributed by atoms with van der Waals surface area (Å²) in [6.07, 6.45) is 4.80. The van der Waals surface area contributed by atoms with Gasteiger partial charge in [0.05, 0.1) is 9.75 Å². The topological polar surface area (TPSA) is 110 Å². The van der Waals surface area contributed by atoms with Gasteiger partial charge in [0, 0.05) is 24.7 Å². The van der Waals surface area contributed by atoms with E-state index in [9.17, 15) is 9.59 Å². The van der Waals surface area contributed by atoms with Crippen molar-refractivity contribution in [2.45, 2.75) is 38.1 Å². The van der Waals surface area contributed by atoms with E-state index in [0.29, 0.717) is 23.8 Å². The molecule has 10 heteroatoms. The van der Waals surface area contributed by atoms with Gasteiger partial charge >= 0.3 is 0 Å². The van der Waals surface area contributed by atoms with Gasteiger partial charge in [-0.25, -0.2) is 0 Å². The molecule has 1 fully saturated rings. The van der Waals surface area contributed by atoms with Crippen LogP contribution in [0.25, 0.3) is 21.3 Å². The zero-order valence-electron chi connectivity index (χ0n) is 17.7. The maximum atomic E-state index is 12.3. The second kappa shape index (κ2) is 9.72. The zero-order valence-corrected chi connectivity index (χ0v) is 19.3. The van der Waals surface area contributed by atoms with Crippen LogP contribution in [0.1, 0.15) is 52.2 Å². The summed E-state index contributed by atoms with van der Waals surface area (Å²) in [6.45, 7) is 0.527. The molecule has 0 unspecified atom stereocenters. The predicted molar refractivity (Wildman–Crippen MR) is 125 cm³/mol. The average molecular weight is 483 g/mol. The van der Waals surface area contributed by atoms with Crippen molar-refractivity contribution in [1.29, 1.82) is 0 Å². The Morgan fingerprint density at radius 2 is 1.76 bits per heavy atom. The van der Waals surface area contributed by atoms with Crippen LogP contribution in [0.2, 0.25) is 0 Å². The van der Waals surface area contributed by atoms with Crippen molar-refractivity contribution in [3.05, 3.63) is 58.0 Å². The first-order valence-electron chi connectivity index (χ1n) is 10.8. The van der Waals surface area contributed by atoms with Crippen LogP contribution >= 0.6 is 22.7 Å². The predicted octanol–water partition coefficient (Wildman–Crippen LogP) is 4.76. The summed E-state index contributed by atoms with van der Waals surface area (Å²) in [6, 6.07) is 9.49. The molecule has 0 aliphatic heterocycles. The Kier molecular flexibility index (Phi) is 6.36. The molecular weight excluding hydrogens is 460 g/mol. The molecule has 0 atom stereocenters. The number of carbonyl (C=O) groups is 2. The summed E-state index contributed by atoms with van der Waals surface area (Å²) in [5.74, 6) is 0.752. The highest BCUT2D eigenvalue weighted by molar-refractivity contribution is 7.13. The van der Waals surface area contributed by atoms with Gasteiger partial charge in [0.15, 0.2) is 22.9 Å². The highest BCUT2D eigenvalue weighted by Gasteiger charge is 2.22. The highest BCUT2D eigenvalue weighted by atomic mass is 32.1. The Labute approximate surface area is 198 Å². The number of aryl methyl sites for hydroxylation is 1. The van der Waals surface area contributed by atoms with Gasteiger partial charge in [0.2, 0.25) is 0 Å². The van der Waals surface area contributed by atoms with E-state index in [1.54, 1.807) is 23.5 Å². The number of amides is 2. The number of nitrogens with zero attached hydrogens (tertiary/aromatic N) is 2. The molecule has 1 saturated carbocycles. The zero-order chi connectivity index (χ0) is 22.6. The first-order chi connectivity index (χ1) is 16.2. The fourth-order valence-electron chi connectivity index (χ4n) is 3.45. The fraction of sp³-hybridized carbons (Fsp3) is 0.304. The first kappa shape index (κ1) is 21.6. The van der Waals surface area contributed by atoms with Crippen LogP contribution in [-0.2, 0) is 6.42 Å². The molecule has 0 spiro atoms. The third kappa shape index (κ3) is 5.07. The van der Waals surface area contributed by atoms with Gasteiger partial charge in [-0.2, -0.15) is 0 Å². The van der Waals surface area contributed by atoms with Gasteiger partial charge in [-0.3, -0.25) is 9.59 Å². The number of hydrogen-bond acceptors (Lipinski definition) is 8. The largest absolute Gasteiger partial charge is 0.355 e. The van der Waals surface area contributed by atoms with Crippen molar-refractivity contribution >= 4 is 34.5 Å². The molecule has 2 N–H and O–H groups in total. The van der Waals surface area contributed by atoms with Crippen LogP contribution in [0.15, 0.2) is 50.1 Å². The molecule has 2 amide bonds. The summed E-state index contributed by atoms with van der Waals surface area (Å²) in [5, 5.41) is 17.6. The SMILES string of the molecule is O=C(NCCCc1csc(-c2cc(C(=O)NC3CCC3)no2)c1)c1cc(-c2cccs2)on1. The molecule has 0 bridgehead atoms. The van der Waals surface area contributed by atoms with Crippen LogP contribution in [0.3, 0.4) is 0 Å². The van der Waals surface area contributed by atoms with E-state index in [1.807, 2.05) is 23.6 Å². The fourth-order valence-corrected chi connectivity index (χ4v) is 5.02. The number of rotatable bonds is 9. The molecule has 0 aromatic carbocycles. The van der Waals surface area contributed by atoms with Crippen LogP contribution in [0.4, 0.5) is 0 Å². The monoisotopic (exact) mass is 482 g/mol. The lowest BCUT2D eigenvalue weighted by molar-refractivity contribution is 0.0906. The minimum Gasteiger partial charge on any atom is -0.355 e. The smallest absolute Gasteiger partial charge is 0.273 e. The maximum absolute atomic E-state index is 12.3. The number of nitrogens with one attached hydrogen (secondary N) is 2. The van der Waals surface area contributed by atoms with Crippen molar-refractivity contribution in [2.75, 3.05) is 6.54 Å². The van der Waals surface area contributed by atoms with Gasteiger partial charge in [-0.05, 0) is 60.6 Å². The van der Waals surface area contributed by atoms with Crippen molar-refractivity contribution in [2.24, 2.45) is 0 Å². The van der Waals surface area contributed by atoms with E-state index in [-0.39, 0.29) is 23.6 Å². The van der Waals surface area contributed by atoms with E-state index in [0.717, 1.165) is 47.4 Å². The third-order valence-electron chi connectivity index (χ3n) is 5.51.